The Morgan fingerprint density at radius 1 is 1.52 bits per heavy atom. The highest BCUT2D eigenvalue weighted by Gasteiger charge is 2.32. The minimum Gasteiger partial charge on any atom is -0.480 e. The number of carboxylic acids is 1. The van der Waals surface area contributed by atoms with Crippen LogP contribution in [-0.4, -0.2) is 41.2 Å². The number of aliphatic carboxylic acids is 1. The smallest absolute Gasteiger partial charge is 0.326 e. The zero-order chi connectivity index (χ0) is 15.4. The van der Waals surface area contributed by atoms with E-state index < -0.39 is 12.0 Å². The van der Waals surface area contributed by atoms with E-state index in [1.807, 2.05) is 13.8 Å². The van der Waals surface area contributed by atoms with Crippen LogP contribution in [0.15, 0.2) is 6.20 Å². The Kier molecular flexibility index (Phi) is 5.30. The van der Waals surface area contributed by atoms with Crippen molar-refractivity contribution in [3.63, 3.8) is 0 Å². The molecule has 0 spiro atoms. The molecule has 0 bridgehead atoms. The maximum Gasteiger partial charge on any atom is 0.326 e. The van der Waals surface area contributed by atoms with E-state index >= 15 is 0 Å². The Labute approximate surface area is 127 Å². The molecule has 116 valence electrons. The van der Waals surface area contributed by atoms with Crippen LogP contribution >= 0.6 is 11.3 Å². The highest BCUT2D eigenvalue weighted by atomic mass is 32.1. The van der Waals surface area contributed by atoms with E-state index in [0.717, 1.165) is 17.8 Å². The predicted molar refractivity (Wildman–Crippen MR) is 78.6 cm³/mol. The number of carboxylic acid groups (broad SMARTS) is 1. The summed E-state index contributed by atoms with van der Waals surface area (Å²) in [5, 5.41) is 12.8. The number of nitrogens with one attached hydrogen (secondary N) is 1. The number of thiazole rings is 1. The summed E-state index contributed by atoms with van der Waals surface area (Å²) in [5.74, 6) is -1.33. The largest absolute Gasteiger partial charge is 0.480 e. The Hall–Kier alpha value is -1.47. The van der Waals surface area contributed by atoms with Gasteiger partial charge in [-0.25, -0.2) is 9.78 Å². The second kappa shape index (κ2) is 7.00. The summed E-state index contributed by atoms with van der Waals surface area (Å²) in [4.78, 5) is 28.2. The number of carbonyl (C=O) groups is 2. The zero-order valence-corrected chi connectivity index (χ0v) is 13.0. The van der Waals surface area contributed by atoms with Crippen molar-refractivity contribution in [2.45, 2.75) is 38.6 Å². The topological polar surface area (TPSA) is 88.5 Å². The molecule has 0 aromatic carbocycles. The summed E-state index contributed by atoms with van der Waals surface area (Å²) in [6.45, 7) is 5.03. The normalized spacial score (nSPS) is 20.2. The fraction of sp³-hybridized carbons (Fsp3) is 0.643. The number of hydrogen-bond donors (Lipinski definition) is 2. The first kappa shape index (κ1) is 15.9. The summed E-state index contributed by atoms with van der Waals surface area (Å²) >= 11 is 1.30. The molecule has 2 heterocycles. The van der Waals surface area contributed by atoms with Crippen molar-refractivity contribution in [2.24, 2.45) is 5.92 Å². The lowest BCUT2D eigenvalue weighted by molar-refractivity contribution is -0.142. The van der Waals surface area contributed by atoms with E-state index in [2.05, 4.69) is 10.3 Å². The molecule has 6 nitrogen and oxygen atoms in total. The van der Waals surface area contributed by atoms with Crippen LogP contribution in [0.2, 0.25) is 0 Å². The van der Waals surface area contributed by atoms with Gasteiger partial charge in [-0.2, -0.15) is 0 Å². The highest BCUT2D eigenvalue weighted by Crippen LogP contribution is 2.22. The second-order valence-electron chi connectivity index (χ2n) is 5.48. The van der Waals surface area contributed by atoms with Gasteiger partial charge in [0.25, 0.3) is 5.91 Å². The lowest BCUT2D eigenvalue weighted by atomic mass is 9.93. The number of aromatic nitrogens is 1. The van der Waals surface area contributed by atoms with Crippen molar-refractivity contribution >= 4 is 23.2 Å². The van der Waals surface area contributed by atoms with Crippen LogP contribution in [0.3, 0.4) is 0 Å². The Bertz CT molecular complexity index is 509. The molecule has 1 aliphatic rings. The average Bonchev–Trinajstić information content (AvgIpc) is 2.95. The maximum absolute atomic E-state index is 12.2. The summed E-state index contributed by atoms with van der Waals surface area (Å²) in [7, 11) is 0. The Balaban J connectivity index is 2.04. The van der Waals surface area contributed by atoms with E-state index in [-0.39, 0.29) is 17.7 Å². The molecule has 21 heavy (non-hydrogen) atoms. The van der Waals surface area contributed by atoms with Gasteiger partial charge in [-0.05, 0) is 12.8 Å². The van der Waals surface area contributed by atoms with Crippen molar-refractivity contribution in [2.75, 3.05) is 13.2 Å². The van der Waals surface area contributed by atoms with E-state index in [1.54, 1.807) is 0 Å². The first-order valence-electron chi connectivity index (χ1n) is 7.06. The van der Waals surface area contributed by atoms with Crippen LogP contribution in [0.25, 0.3) is 0 Å². The molecule has 0 saturated carbocycles. The molecule has 1 aromatic rings. The quantitative estimate of drug-likeness (QED) is 0.866. The summed E-state index contributed by atoms with van der Waals surface area (Å²) in [6, 6.07) is -0.914. The fourth-order valence-electron chi connectivity index (χ4n) is 2.28. The van der Waals surface area contributed by atoms with Gasteiger partial charge in [-0.3, -0.25) is 4.79 Å². The van der Waals surface area contributed by atoms with Gasteiger partial charge in [0.1, 0.15) is 10.9 Å². The van der Waals surface area contributed by atoms with Gasteiger partial charge < -0.3 is 15.2 Å². The van der Waals surface area contributed by atoms with Crippen molar-refractivity contribution in [1.29, 1.82) is 0 Å². The Morgan fingerprint density at radius 3 is 2.81 bits per heavy atom. The zero-order valence-electron chi connectivity index (χ0n) is 12.2. The second-order valence-corrected chi connectivity index (χ2v) is 6.55. The molecule has 2 unspecified atom stereocenters. The molecule has 0 aliphatic carbocycles. The van der Waals surface area contributed by atoms with Crippen molar-refractivity contribution in [1.82, 2.24) is 10.3 Å². The minimum atomic E-state index is -1.02. The molecule has 2 N–H and O–H groups in total. The Morgan fingerprint density at radius 2 is 2.29 bits per heavy atom. The molecular weight excluding hydrogens is 292 g/mol. The van der Waals surface area contributed by atoms with Crippen molar-refractivity contribution < 1.29 is 19.4 Å². The molecule has 1 fully saturated rings. The number of hydrogen-bond acceptors (Lipinski definition) is 5. The third-order valence-corrected chi connectivity index (χ3v) is 4.76. The van der Waals surface area contributed by atoms with Crippen LogP contribution < -0.4 is 5.32 Å². The molecule has 7 heteroatoms. The number of rotatable bonds is 5. The van der Waals surface area contributed by atoms with Gasteiger partial charge in [0.15, 0.2) is 0 Å². The van der Waals surface area contributed by atoms with Crippen LogP contribution in [0.1, 0.15) is 47.3 Å². The molecule has 0 radical (unpaired) electrons. The summed E-state index contributed by atoms with van der Waals surface area (Å²) in [6.07, 6.45) is 3.07. The third kappa shape index (κ3) is 4.01. The number of amides is 1. The highest BCUT2D eigenvalue weighted by molar-refractivity contribution is 7.13. The van der Waals surface area contributed by atoms with Gasteiger partial charge in [-0.15, -0.1) is 11.3 Å². The fourth-order valence-corrected chi connectivity index (χ4v) is 3.11. The van der Waals surface area contributed by atoms with E-state index in [0.29, 0.717) is 18.1 Å². The molecule has 1 amide bonds. The molecule has 1 aliphatic heterocycles. The SMILES string of the molecule is CC(C)c1ncc(C(=O)NC(C(=O)O)C2CCCOC2)s1. The first-order valence-corrected chi connectivity index (χ1v) is 7.87. The summed E-state index contributed by atoms with van der Waals surface area (Å²) in [5.41, 5.74) is 0. The number of ether oxygens (including phenoxy) is 1. The molecule has 2 rings (SSSR count). The number of nitrogens with zero attached hydrogens (tertiary/aromatic N) is 1. The van der Waals surface area contributed by atoms with Crippen LogP contribution in [0, 0.1) is 5.92 Å². The van der Waals surface area contributed by atoms with Gasteiger partial charge in [0.2, 0.25) is 0 Å². The van der Waals surface area contributed by atoms with Gasteiger partial charge in [-0.1, -0.05) is 13.8 Å². The van der Waals surface area contributed by atoms with Gasteiger partial charge in [0, 0.05) is 18.4 Å². The van der Waals surface area contributed by atoms with Crippen LogP contribution in [0.4, 0.5) is 0 Å². The first-order chi connectivity index (χ1) is 9.99. The third-order valence-electron chi connectivity index (χ3n) is 3.46. The summed E-state index contributed by atoms with van der Waals surface area (Å²) < 4.78 is 5.31. The number of carbonyl (C=O) groups excluding carboxylic acids is 1. The maximum atomic E-state index is 12.2. The lowest BCUT2D eigenvalue weighted by Gasteiger charge is -2.27. The van der Waals surface area contributed by atoms with E-state index in [9.17, 15) is 14.7 Å². The lowest BCUT2D eigenvalue weighted by Crippen LogP contribution is -2.48. The monoisotopic (exact) mass is 312 g/mol. The van der Waals surface area contributed by atoms with Crippen LogP contribution in [-0.2, 0) is 9.53 Å². The average molecular weight is 312 g/mol. The molecular formula is C14H20N2O4S. The van der Waals surface area contributed by atoms with E-state index in [4.69, 9.17) is 4.74 Å². The van der Waals surface area contributed by atoms with Crippen molar-refractivity contribution in [3.05, 3.63) is 16.1 Å². The van der Waals surface area contributed by atoms with Crippen LogP contribution in [0.5, 0.6) is 0 Å². The molecule has 1 saturated heterocycles. The minimum absolute atomic E-state index is 0.183. The standard InChI is InChI=1S/C14H20N2O4S/c1-8(2)13-15-6-10(21-13)12(17)16-11(14(18)19)9-4-3-5-20-7-9/h6,8-9,11H,3-5,7H2,1-2H3,(H,16,17)(H,18,19). The van der Waals surface area contributed by atoms with Gasteiger partial charge >= 0.3 is 5.97 Å². The predicted octanol–water partition coefficient (Wildman–Crippen LogP) is 1.88. The van der Waals surface area contributed by atoms with E-state index in [1.165, 1.54) is 17.5 Å². The molecule has 1 aromatic heterocycles. The molecule has 2 atom stereocenters. The van der Waals surface area contributed by atoms with Crippen molar-refractivity contribution in [3.8, 4) is 0 Å². The van der Waals surface area contributed by atoms with Gasteiger partial charge in [0.05, 0.1) is 17.8 Å².